The Hall–Kier alpha value is -4.23. The molecule has 4 aromatic heterocycles. The van der Waals surface area contributed by atoms with Crippen molar-refractivity contribution in [2.45, 2.75) is 46.7 Å². The van der Waals surface area contributed by atoms with Crippen LogP contribution >= 0.6 is 11.5 Å². The average Bonchev–Trinajstić information content (AvgIpc) is 3.66. The maximum atomic E-state index is 13.4. The number of aromatic nitrogens is 6. The summed E-state index contributed by atoms with van der Waals surface area (Å²) in [6.07, 6.45) is 9.29. The summed E-state index contributed by atoms with van der Waals surface area (Å²) >= 11 is 1.39. The number of imidazole rings is 1. The zero-order valence-corrected chi connectivity index (χ0v) is 23.9. The van der Waals surface area contributed by atoms with Crippen LogP contribution in [0.25, 0.3) is 16.9 Å². The maximum absolute atomic E-state index is 13.4. The van der Waals surface area contributed by atoms with Gasteiger partial charge in [0.25, 0.3) is 0 Å². The van der Waals surface area contributed by atoms with Crippen LogP contribution in [0.3, 0.4) is 0 Å². The molecule has 0 radical (unpaired) electrons. The smallest absolute Gasteiger partial charge is 0.246 e. The normalized spacial score (nSPS) is 11.5. The average molecular weight is 580 g/mol. The second kappa shape index (κ2) is 12.5. The quantitative estimate of drug-likeness (QED) is 0.197. The van der Waals surface area contributed by atoms with Crippen LogP contribution in [0.4, 0.5) is 25.3 Å². The molecule has 0 aliphatic rings. The van der Waals surface area contributed by atoms with Crippen LogP contribution in [-0.2, 0) is 17.9 Å². The van der Waals surface area contributed by atoms with Crippen molar-refractivity contribution in [1.82, 2.24) is 33.4 Å². The van der Waals surface area contributed by atoms with Gasteiger partial charge in [0.15, 0.2) is 11.5 Å². The van der Waals surface area contributed by atoms with E-state index in [1.54, 1.807) is 18.6 Å². The summed E-state index contributed by atoms with van der Waals surface area (Å²) < 4.78 is 34.9. The summed E-state index contributed by atoms with van der Waals surface area (Å²) in [7, 11) is 0. The van der Waals surface area contributed by atoms with Crippen LogP contribution in [0.2, 0.25) is 0 Å². The Labute approximate surface area is 240 Å². The number of rotatable bonds is 12. The number of unbranched alkanes of at least 4 members (excludes halogenated alkanes) is 1. The SMILES string of the molecule is CCCCN(CC)Cc1cc(Nc2nc(C)cn3c(-c4cnn(CC(=O)Nc5cc(F)cc(F)c5)c4)cnc23)sn1. The molecule has 0 bridgehead atoms. The number of benzene rings is 1. The van der Waals surface area contributed by atoms with Crippen molar-refractivity contribution >= 4 is 39.6 Å². The van der Waals surface area contributed by atoms with Crippen molar-refractivity contribution in [2.75, 3.05) is 23.7 Å². The van der Waals surface area contributed by atoms with Gasteiger partial charge in [-0.05, 0) is 56.2 Å². The van der Waals surface area contributed by atoms with Crippen molar-refractivity contribution in [2.24, 2.45) is 0 Å². The molecule has 0 unspecified atom stereocenters. The summed E-state index contributed by atoms with van der Waals surface area (Å²) in [5.41, 5.74) is 3.99. The van der Waals surface area contributed by atoms with Gasteiger partial charge in [-0.1, -0.05) is 20.3 Å². The second-order valence-electron chi connectivity index (χ2n) is 9.73. The molecule has 214 valence electrons. The molecule has 4 heterocycles. The molecule has 0 spiro atoms. The zero-order chi connectivity index (χ0) is 28.9. The number of fused-ring (bicyclic) bond motifs is 1. The van der Waals surface area contributed by atoms with Crippen LogP contribution in [-0.4, -0.2) is 52.4 Å². The molecule has 2 N–H and O–H groups in total. The third kappa shape index (κ3) is 6.92. The van der Waals surface area contributed by atoms with Gasteiger partial charge in [-0.25, -0.2) is 18.7 Å². The molecule has 0 saturated heterocycles. The summed E-state index contributed by atoms with van der Waals surface area (Å²) in [5, 5.41) is 11.0. The standard InChI is InChI=1S/C28H31F2N9OS/c1-4-6-7-37(5-2)16-23-11-26(41-36-23)35-27-28-31-13-24(39(28)14-18(3)33-27)19-12-32-38(15-19)17-25(40)34-22-9-20(29)8-21(30)10-22/h8-15H,4-7,16-17H2,1-3H3,(H,33,35)(H,34,40). The Morgan fingerprint density at radius 1 is 1.10 bits per heavy atom. The first kappa shape index (κ1) is 28.3. The lowest BCUT2D eigenvalue weighted by molar-refractivity contribution is -0.116. The van der Waals surface area contributed by atoms with E-state index >= 15 is 0 Å². The highest BCUT2D eigenvalue weighted by atomic mass is 32.1. The van der Waals surface area contributed by atoms with E-state index in [0.717, 1.165) is 71.9 Å². The Bertz CT molecular complexity index is 1640. The van der Waals surface area contributed by atoms with Gasteiger partial charge >= 0.3 is 0 Å². The van der Waals surface area contributed by atoms with Gasteiger partial charge in [0.05, 0.1) is 29.5 Å². The highest BCUT2D eigenvalue weighted by molar-refractivity contribution is 7.10. The van der Waals surface area contributed by atoms with Gasteiger partial charge in [-0.15, -0.1) is 0 Å². The number of anilines is 3. The number of hydrogen-bond acceptors (Lipinski definition) is 8. The van der Waals surface area contributed by atoms with Crippen molar-refractivity contribution in [3.05, 3.63) is 72.1 Å². The number of amides is 1. The molecule has 1 aromatic carbocycles. The number of nitrogens with one attached hydrogen (secondary N) is 2. The third-order valence-electron chi connectivity index (χ3n) is 6.45. The summed E-state index contributed by atoms with van der Waals surface area (Å²) in [6, 6.07) is 4.90. The van der Waals surface area contributed by atoms with E-state index in [1.165, 1.54) is 22.6 Å². The molecule has 10 nitrogen and oxygen atoms in total. The van der Waals surface area contributed by atoms with E-state index in [2.05, 4.69) is 54.9 Å². The number of carbonyl (C=O) groups is 1. The minimum atomic E-state index is -0.769. The van der Waals surface area contributed by atoms with Gasteiger partial charge in [-0.3, -0.25) is 18.8 Å². The van der Waals surface area contributed by atoms with Crippen LogP contribution in [0.5, 0.6) is 0 Å². The number of aryl methyl sites for hydroxylation is 1. The number of nitrogens with zero attached hydrogens (tertiary/aromatic N) is 7. The van der Waals surface area contributed by atoms with Crippen molar-refractivity contribution < 1.29 is 13.6 Å². The van der Waals surface area contributed by atoms with Crippen LogP contribution in [0, 0.1) is 18.6 Å². The molecule has 0 saturated carbocycles. The Morgan fingerprint density at radius 2 is 1.90 bits per heavy atom. The Balaban J connectivity index is 1.30. The Kier molecular flexibility index (Phi) is 8.64. The van der Waals surface area contributed by atoms with Crippen LogP contribution < -0.4 is 10.6 Å². The lowest BCUT2D eigenvalue weighted by Crippen LogP contribution is -2.24. The van der Waals surface area contributed by atoms with Crippen molar-refractivity contribution in [1.29, 1.82) is 0 Å². The van der Waals surface area contributed by atoms with Crippen molar-refractivity contribution in [3.8, 4) is 11.3 Å². The molecule has 0 fully saturated rings. The van der Waals surface area contributed by atoms with Gasteiger partial charge in [0, 0.05) is 36.3 Å². The number of halogens is 2. The third-order valence-corrected chi connectivity index (χ3v) is 7.20. The first-order valence-corrected chi connectivity index (χ1v) is 14.2. The molecule has 13 heteroatoms. The lowest BCUT2D eigenvalue weighted by atomic mass is 10.3. The summed E-state index contributed by atoms with van der Waals surface area (Å²) in [4.78, 5) is 24.1. The van der Waals surface area contributed by atoms with Crippen LogP contribution in [0.15, 0.2) is 49.1 Å². The molecule has 5 aromatic rings. The molecular formula is C28H31F2N9OS. The second-order valence-corrected chi connectivity index (χ2v) is 10.5. The van der Waals surface area contributed by atoms with Gasteiger partial charge in [0.2, 0.25) is 5.91 Å². The fourth-order valence-electron chi connectivity index (χ4n) is 4.48. The van der Waals surface area contributed by atoms with E-state index in [-0.39, 0.29) is 12.2 Å². The Morgan fingerprint density at radius 3 is 2.66 bits per heavy atom. The van der Waals surface area contributed by atoms with Gasteiger partial charge in [-0.2, -0.15) is 9.47 Å². The molecule has 1 amide bonds. The lowest BCUT2D eigenvalue weighted by Gasteiger charge is -2.18. The van der Waals surface area contributed by atoms with E-state index < -0.39 is 17.5 Å². The van der Waals surface area contributed by atoms with E-state index in [4.69, 9.17) is 0 Å². The minimum absolute atomic E-state index is 0.0388. The minimum Gasteiger partial charge on any atom is -0.328 e. The molecule has 0 atom stereocenters. The summed E-state index contributed by atoms with van der Waals surface area (Å²) in [6.45, 7) is 8.97. The fourth-order valence-corrected chi connectivity index (χ4v) is 5.14. The van der Waals surface area contributed by atoms with Gasteiger partial charge < -0.3 is 10.6 Å². The first-order valence-electron chi connectivity index (χ1n) is 13.4. The summed E-state index contributed by atoms with van der Waals surface area (Å²) in [5.74, 6) is -1.40. The predicted octanol–water partition coefficient (Wildman–Crippen LogP) is 5.64. The zero-order valence-electron chi connectivity index (χ0n) is 23.1. The molecule has 0 aliphatic carbocycles. The molecular weight excluding hydrogens is 548 g/mol. The van der Waals surface area contributed by atoms with E-state index in [1.807, 2.05) is 17.5 Å². The van der Waals surface area contributed by atoms with Crippen molar-refractivity contribution in [3.63, 3.8) is 0 Å². The molecule has 0 aliphatic heterocycles. The number of hydrogen-bond donors (Lipinski definition) is 2. The first-order chi connectivity index (χ1) is 19.8. The maximum Gasteiger partial charge on any atom is 0.246 e. The predicted molar refractivity (Wildman–Crippen MR) is 155 cm³/mol. The fraction of sp³-hybridized carbons (Fsp3) is 0.321. The van der Waals surface area contributed by atoms with E-state index in [0.29, 0.717) is 11.5 Å². The topological polar surface area (TPSA) is 105 Å². The molecule has 5 rings (SSSR count). The van der Waals surface area contributed by atoms with Crippen LogP contribution in [0.1, 0.15) is 38.1 Å². The number of carbonyl (C=O) groups excluding carboxylic acids is 1. The highest BCUT2D eigenvalue weighted by Gasteiger charge is 2.16. The highest BCUT2D eigenvalue weighted by Crippen LogP contribution is 2.28. The van der Waals surface area contributed by atoms with E-state index in [9.17, 15) is 13.6 Å². The largest absolute Gasteiger partial charge is 0.328 e. The molecule has 41 heavy (non-hydrogen) atoms. The van der Waals surface area contributed by atoms with Gasteiger partial charge in [0.1, 0.15) is 23.2 Å². The monoisotopic (exact) mass is 579 g/mol.